The van der Waals surface area contributed by atoms with E-state index in [1.807, 2.05) is 0 Å². The van der Waals surface area contributed by atoms with E-state index in [2.05, 4.69) is 0 Å². The first-order valence-electron chi connectivity index (χ1n) is 5.21. The molecule has 0 unspecified atom stereocenters. The van der Waals surface area contributed by atoms with Crippen LogP contribution in [-0.4, -0.2) is 22.5 Å². The van der Waals surface area contributed by atoms with Crippen LogP contribution in [0.15, 0.2) is 12.1 Å². The highest BCUT2D eigenvalue weighted by Crippen LogP contribution is 2.29. The summed E-state index contributed by atoms with van der Waals surface area (Å²) in [5, 5.41) is 18.3. The van der Waals surface area contributed by atoms with Crippen molar-refractivity contribution in [3.8, 4) is 5.75 Å². The normalized spacial score (nSPS) is 12.1. The van der Waals surface area contributed by atoms with Crippen LogP contribution in [0.2, 0.25) is 0 Å². The second kappa shape index (κ2) is 5.45. The number of aryl methyl sites for hydroxylation is 1. The number of benzene rings is 1. The van der Waals surface area contributed by atoms with E-state index in [0.29, 0.717) is 11.8 Å². The number of rotatable bonds is 5. The first-order valence-corrected chi connectivity index (χ1v) is 5.21. The number of aldehydes is 1. The molecule has 0 bridgehead atoms. The van der Waals surface area contributed by atoms with Gasteiger partial charge in [-0.25, -0.2) is 0 Å². The molecule has 0 amide bonds. The molecule has 92 valence electrons. The molecular formula is C12H15NO4. The molecule has 0 spiro atoms. The van der Waals surface area contributed by atoms with Gasteiger partial charge in [-0.05, 0) is 25.0 Å². The summed E-state index contributed by atoms with van der Waals surface area (Å²) in [5.74, 6) is -1.10. The SMILES string of the molecule is Cc1cc(C=O)c(O)c([C@H](N)CCC(=O)O)c1. The van der Waals surface area contributed by atoms with Gasteiger partial charge in [-0.1, -0.05) is 6.07 Å². The van der Waals surface area contributed by atoms with Crippen LogP contribution in [0.25, 0.3) is 0 Å². The zero-order valence-corrected chi connectivity index (χ0v) is 9.51. The number of hydrogen-bond acceptors (Lipinski definition) is 4. The van der Waals surface area contributed by atoms with Gasteiger partial charge in [-0.2, -0.15) is 0 Å². The van der Waals surface area contributed by atoms with Crippen molar-refractivity contribution in [2.45, 2.75) is 25.8 Å². The number of nitrogens with two attached hydrogens (primary N) is 1. The summed E-state index contributed by atoms with van der Waals surface area (Å²) >= 11 is 0. The lowest BCUT2D eigenvalue weighted by Crippen LogP contribution is -2.13. The Morgan fingerprint density at radius 3 is 2.71 bits per heavy atom. The van der Waals surface area contributed by atoms with Crippen LogP contribution in [0.1, 0.15) is 40.4 Å². The van der Waals surface area contributed by atoms with Gasteiger partial charge in [-0.15, -0.1) is 0 Å². The molecule has 0 saturated heterocycles. The number of carbonyl (C=O) groups is 2. The summed E-state index contributed by atoms with van der Waals surface area (Å²) < 4.78 is 0. The minimum Gasteiger partial charge on any atom is -0.507 e. The predicted molar refractivity (Wildman–Crippen MR) is 62.0 cm³/mol. The van der Waals surface area contributed by atoms with Gasteiger partial charge < -0.3 is 15.9 Å². The van der Waals surface area contributed by atoms with Crippen molar-refractivity contribution in [3.05, 3.63) is 28.8 Å². The van der Waals surface area contributed by atoms with Crippen LogP contribution in [-0.2, 0) is 4.79 Å². The Labute approximate surface area is 98.9 Å². The van der Waals surface area contributed by atoms with Gasteiger partial charge in [0.2, 0.25) is 0 Å². The van der Waals surface area contributed by atoms with E-state index in [1.165, 1.54) is 0 Å². The minimum absolute atomic E-state index is 0.0784. The van der Waals surface area contributed by atoms with E-state index >= 15 is 0 Å². The van der Waals surface area contributed by atoms with Crippen LogP contribution in [0.3, 0.4) is 0 Å². The van der Waals surface area contributed by atoms with Crippen molar-refractivity contribution in [2.75, 3.05) is 0 Å². The van der Waals surface area contributed by atoms with Gasteiger partial charge in [0, 0.05) is 18.0 Å². The molecule has 0 fully saturated rings. The summed E-state index contributed by atoms with van der Waals surface area (Å²) in [5.41, 5.74) is 7.18. The minimum atomic E-state index is -0.941. The molecule has 4 N–H and O–H groups in total. The molecule has 5 heteroatoms. The van der Waals surface area contributed by atoms with Gasteiger partial charge in [0.15, 0.2) is 6.29 Å². The van der Waals surface area contributed by atoms with Gasteiger partial charge in [-0.3, -0.25) is 9.59 Å². The summed E-state index contributed by atoms with van der Waals surface area (Å²) in [4.78, 5) is 21.2. The number of phenols is 1. The number of carboxylic acids is 1. The maximum atomic E-state index is 10.7. The van der Waals surface area contributed by atoms with Gasteiger partial charge >= 0.3 is 5.97 Å². The highest BCUT2D eigenvalue weighted by atomic mass is 16.4. The van der Waals surface area contributed by atoms with E-state index in [1.54, 1.807) is 19.1 Å². The molecule has 1 rings (SSSR count). The van der Waals surface area contributed by atoms with Crippen LogP contribution in [0, 0.1) is 6.92 Å². The van der Waals surface area contributed by atoms with Gasteiger partial charge in [0.1, 0.15) is 5.75 Å². The van der Waals surface area contributed by atoms with Crippen LogP contribution in [0.4, 0.5) is 0 Å². The molecule has 0 saturated carbocycles. The molecule has 0 heterocycles. The summed E-state index contributed by atoms with van der Waals surface area (Å²) in [6, 6.07) is 2.62. The third-order valence-corrected chi connectivity index (χ3v) is 2.51. The maximum Gasteiger partial charge on any atom is 0.303 e. The van der Waals surface area contributed by atoms with E-state index in [0.717, 1.165) is 5.56 Å². The first kappa shape index (κ1) is 13.2. The topological polar surface area (TPSA) is 101 Å². The average molecular weight is 237 g/mol. The fraction of sp³-hybridized carbons (Fsp3) is 0.333. The van der Waals surface area contributed by atoms with Crippen molar-refractivity contribution < 1.29 is 19.8 Å². The number of carbonyl (C=O) groups excluding carboxylic acids is 1. The van der Waals surface area contributed by atoms with Crippen molar-refractivity contribution in [2.24, 2.45) is 5.73 Å². The second-order valence-electron chi connectivity index (χ2n) is 3.95. The fourth-order valence-corrected chi connectivity index (χ4v) is 1.64. The zero-order chi connectivity index (χ0) is 13.0. The lowest BCUT2D eigenvalue weighted by atomic mass is 9.97. The molecular weight excluding hydrogens is 222 g/mol. The molecule has 0 aromatic heterocycles. The number of hydrogen-bond donors (Lipinski definition) is 3. The molecule has 0 radical (unpaired) electrons. The number of aliphatic carboxylic acids is 1. The van der Waals surface area contributed by atoms with Crippen molar-refractivity contribution in [3.63, 3.8) is 0 Å². The molecule has 1 atom stereocenters. The molecule has 0 aliphatic carbocycles. The van der Waals surface area contributed by atoms with Crippen molar-refractivity contribution in [1.29, 1.82) is 0 Å². The third kappa shape index (κ3) is 3.29. The van der Waals surface area contributed by atoms with E-state index < -0.39 is 12.0 Å². The first-order chi connectivity index (χ1) is 7.95. The highest BCUT2D eigenvalue weighted by molar-refractivity contribution is 5.80. The molecule has 0 aliphatic rings. The lowest BCUT2D eigenvalue weighted by molar-refractivity contribution is -0.137. The molecule has 0 aliphatic heterocycles. The Bertz CT molecular complexity index is 442. The van der Waals surface area contributed by atoms with Crippen LogP contribution < -0.4 is 5.73 Å². The highest BCUT2D eigenvalue weighted by Gasteiger charge is 2.15. The Kier molecular flexibility index (Phi) is 4.23. The van der Waals surface area contributed by atoms with Crippen molar-refractivity contribution >= 4 is 12.3 Å². The van der Waals surface area contributed by atoms with Gasteiger partial charge in [0.05, 0.1) is 5.56 Å². The Morgan fingerprint density at radius 2 is 2.18 bits per heavy atom. The maximum absolute atomic E-state index is 10.7. The number of carboxylic acid groups (broad SMARTS) is 1. The molecule has 5 nitrogen and oxygen atoms in total. The van der Waals surface area contributed by atoms with E-state index in [-0.39, 0.29) is 24.2 Å². The molecule has 1 aromatic carbocycles. The van der Waals surface area contributed by atoms with Crippen LogP contribution >= 0.6 is 0 Å². The predicted octanol–water partition coefficient (Wildman–Crippen LogP) is 1.38. The number of phenolic OH excluding ortho intramolecular Hbond substituents is 1. The molecule has 1 aromatic rings. The fourth-order valence-electron chi connectivity index (χ4n) is 1.64. The Balaban J connectivity index is 3.00. The Hall–Kier alpha value is -1.88. The molecule has 17 heavy (non-hydrogen) atoms. The van der Waals surface area contributed by atoms with Crippen LogP contribution in [0.5, 0.6) is 5.75 Å². The smallest absolute Gasteiger partial charge is 0.303 e. The third-order valence-electron chi connectivity index (χ3n) is 2.51. The van der Waals surface area contributed by atoms with E-state index in [9.17, 15) is 14.7 Å². The Morgan fingerprint density at radius 1 is 1.53 bits per heavy atom. The summed E-state index contributed by atoms with van der Waals surface area (Å²) in [6.07, 6.45) is 0.686. The number of aromatic hydroxyl groups is 1. The zero-order valence-electron chi connectivity index (χ0n) is 9.51. The second-order valence-corrected chi connectivity index (χ2v) is 3.95. The summed E-state index contributed by atoms with van der Waals surface area (Å²) in [7, 11) is 0. The quantitative estimate of drug-likeness (QED) is 0.671. The van der Waals surface area contributed by atoms with Gasteiger partial charge in [0.25, 0.3) is 0 Å². The largest absolute Gasteiger partial charge is 0.507 e. The lowest BCUT2D eigenvalue weighted by Gasteiger charge is -2.14. The van der Waals surface area contributed by atoms with Crippen molar-refractivity contribution in [1.82, 2.24) is 0 Å². The standard InChI is InChI=1S/C12H15NO4/c1-7-4-8(6-14)12(17)9(5-7)10(13)2-3-11(15)16/h4-6,10,17H,2-3,13H2,1H3,(H,15,16)/t10-/m1/s1. The van der Waals surface area contributed by atoms with E-state index in [4.69, 9.17) is 10.8 Å². The monoisotopic (exact) mass is 237 g/mol. The summed E-state index contributed by atoms with van der Waals surface area (Å²) in [6.45, 7) is 1.78. The average Bonchev–Trinajstić information content (AvgIpc) is 2.28.